The highest BCUT2D eigenvalue weighted by atomic mass is 79.9. The summed E-state index contributed by atoms with van der Waals surface area (Å²) < 4.78 is 101. The number of benzene rings is 2. The molecule has 18 heteroatoms. The number of hydrogen-bond acceptors (Lipinski definition) is 3. The Kier molecular flexibility index (Phi) is 8.78. The predicted octanol–water partition coefficient (Wildman–Crippen LogP) is 9.68. The first kappa shape index (κ1) is 32.1. The van der Waals surface area contributed by atoms with Gasteiger partial charge in [-0.2, -0.15) is 8.78 Å². The topological polar surface area (TPSA) is 67.4 Å². The molecule has 2 amide bonds. The molecule has 0 aromatic heterocycles. The molecule has 5 nitrogen and oxygen atoms in total. The highest BCUT2D eigenvalue weighted by Crippen LogP contribution is 3.08. The van der Waals surface area contributed by atoms with Crippen LogP contribution in [0.2, 0.25) is 0 Å². The summed E-state index contributed by atoms with van der Waals surface area (Å²) in [5.41, 5.74) is -1.88. The van der Waals surface area contributed by atoms with Crippen molar-refractivity contribution in [1.29, 1.82) is 0 Å². The van der Waals surface area contributed by atoms with Gasteiger partial charge in [-0.05, 0) is 46.3 Å². The summed E-state index contributed by atoms with van der Waals surface area (Å²) in [4.78, 5) is 21.9. The molecule has 0 aliphatic heterocycles. The van der Waals surface area contributed by atoms with Crippen LogP contribution >= 0.6 is 76.5 Å². The van der Waals surface area contributed by atoms with Gasteiger partial charge in [0.15, 0.2) is 0 Å². The number of alkyl halides is 8. The Balaban J connectivity index is 2.41. The third-order valence-electron chi connectivity index (χ3n) is 4.43. The number of halogens is 12. The Morgan fingerprint density at radius 3 is 2.11 bits per heavy atom. The molecule has 0 aliphatic carbocycles. The zero-order chi connectivity index (χ0) is 28.6. The average Bonchev–Trinajstić information content (AvgIpc) is 2.76. The molecule has 1 unspecified atom stereocenters. The highest BCUT2D eigenvalue weighted by Gasteiger charge is 2.89. The molecule has 0 fully saturated rings. The van der Waals surface area contributed by atoms with Gasteiger partial charge >= 0.3 is 11.3 Å². The van der Waals surface area contributed by atoms with Crippen LogP contribution < -0.4 is 10.6 Å². The third kappa shape index (κ3) is 6.72. The molecule has 2 aromatic carbocycles. The number of anilines is 2. The summed E-state index contributed by atoms with van der Waals surface area (Å²) >= 11 is 20.1. The number of rotatable bonds is 8. The van der Waals surface area contributed by atoms with Gasteiger partial charge in [0.05, 0.1) is 11.0 Å². The Hall–Kier alpha value is -1.13. The zero-order valence-electron chi connectivity index (χ0n) is 17.7. The minimum Gasteiger partial charge on any atom is -0.445 e. The van der Waals surface area contributed by atoms with E-state index in [0.717, 1.165) is 18.2 Å². The van der Waals surface area contributed by atoms with Crippen molar-refractivity contribution in [2.45, 2.75) is 18.5 Å². The van der Waals surface area contributed by atoms with Gasteiger partial charge in [0, 0.05) is 11.3 Å². The first-order chi connectivity index (χ1) is 16.5. The molecule has 0 heterocycles. The van der Waals surface area contributed by atoms with Crippen LogP contribution in [0.5, 0.6) is 0 Å². The monoisotopic (exact) mass is 746 g/mol. The van der Waals surface area contributed by atoms with Gasteiger partial charge in [-0.1, -0.05) is 68.9 Å². The summed E-state index contributed by atoms with van der Waals surface area (Å²) in [6.07, 6.45) is -1.11. The van der Waals surface area contributed by atoms with Crippen molar-refractivity contribution < 1.29 is 43.0 Å². The lowest BCUT2D eigenvalue weighted by Gasteiger charge is -2.56. The summed E-state index contributed by atoms with van der Waals surface area (Å²) in [7, 11) is -10.8. The Morgan fingerprint density at radius 2 is 1.54 bits per heavy atom. The average molecular weight is 750 g/mol. The standard InChI is InChI=1S/C19H14Br2Cl3F7N2O3S/c20-9-17(21,25)19(26,27)37(28,29,30,31)14-7-2-1-6-13(14)33-15(34)11-4-3-5-12(8-11)32-16(35)36-10-18(22,23)24/h1-8H,9-10H2,(H,32,35)(H,33,34). The fourth-order valence-electron chi connectivity index (χ4n) is 2.68. The molecular weight excluding hydrogens is 735 g/mol. The van der Waals surface area contributed by atoms with Crippen LogP contribution in [-0.4, -0.2) is 37.6 Å². The fourth-order valence-corrected chi connectivity index (χ4v) is 6.22. The number of hydrogen-bond donors (Lipinski definition) is 2. The lowest BCUT2D eigenvalue weighted by Crippen LogP contribution is -2.51. The SMILES string of the molecule is O=C(Nc1cccc(C(=O)Nc2ccccc2S(F)(F)(F)(F)C(F)(F)C(F)(Br)CBr)c1)OCC(Cl)(Cl)Cl. The lowest BCUT2D eigenvalue weighted by atomic mass is 10.2. The number of amides is 2. The second-order valence-electron chi connectivity index (χ2n) is 7.27. The molecule has 37 heavy (non-hydrogen) atoms. The molecule has 2 N–H and O–H groups in total. The van der Waals surface area contributed by atoms with E-state index in [0.29, 0.717) is 12.1 Å². The van der Waals surface area contributed by atoms with Crippen molar-refractivity contribution in [2.24, 2.45) is 0 Å². The van der Waals surface area contributed by atoms with E-state index < -0.39 is 58.0 Å². The van der Waals surface area contributed by atoms with E-state index in [4.69, 9.17) is 34.8 Å². The molecule has 208 valence electrons. The zero-order valence-corrected chi connectivity index (χ0v) is 24.0. The normalized spacial score (nSPS) is 16.1. The van der Waals surface area contributed by atoms with Crippen molar-refractivity contribution in [3.05, 3.63) is 54.1 Å². The molecule has 0 aliphatic rings. The molecule has 2 rings (SSSR count). The summed E-state index contributed by atoms with van der Waals surface area (Å²) in [5.74, 6) is -1.31. The van der Waals surface area contributed by atoms with Gasteiger partial charge in [0.1, 0.15) is 11.5 Å². The van der Waals surface area contributed by atoms with Crippen molar-refractivity contribution in [3.63, 3.8) is 0 Å². The minimum atomic E-state index is -10.8. The van der Waals surface area contributed by atoms with Crippen LogP contribution in [0, 0.1) is 0 Å². The largest absolute Gasteiger partial charge is 0.445 e. The molecule has 1 atom stereocenters. The lowest BCUT2D eigenvalue weighted by molar-refractivity contribution is -0.0252. The predicted molar refractivity (Wildman–Crippen MR) is 138 cm³/mol. The van der Waals surface area contributed by atoms with E-state index >= 15 is 0 Å². The third-order valence-corrected chi connectivity index (χ3v) is 9.91. The van der Waals surface area contributed by atoms with Crippen molar-refractivity contribution in [2.75, 3.05) is 22.6 Å². The summed E-state index contributed by atoms with van der Waals surface area (Å²) in [5, 5.41) is -4.30. The van der Waals surface area contributed by atoms with E-state index in [1.165, 1.54) is 12.1 Å². The highest BCUT2D eigenvalue weighted by molar-refractivity contribution is 9.12. The van der Waals surface area contributed by atoms with E-state index in [2.05, 4.69) is 26.0 Å². The number of carbonyl (C=O) groups is 2. The molecular formula is C19H14Br2Cl3F7N2O3S. The Morgan fingerprint density at radius 1 is 0.946 bits per heavy atom. The van der Waals surface area contributed by atoms with Crippen LogP contribution in [0.4, 0.5) is 44.9 Å². The quantitative estimate of drug-likeness (QED) is 0.209. The number of para-hydroxylation sites is 1. The van der Waals surface area contributed by atoms with Crippen LogP contribution in [0.3, 0.4) is 0 Å². The van der Waals surface area contributed by atoms with Gasteiger partial charge in [0.25, 0.3) is 10.5 Å². The van der Waals surface area contributed by atoms with Gasteiger partial charge in [-0.25, -0.2) is 9.18 Å². The first-order valence-corrected chi connectivity index (χ1v) is 14.5. The second kappa shape index (κ2) is 10.1. The van der Waals surface area contributed by atoms with Crippen molar-refractivity contribution >= 4 is 99.9 Å². The van der Waals surface area contributed by atoms with Gasteiger partial charge in [-0.3, -0.25) is 10.1 Å². The van der Waals surface area contributed by atoms with E-state index in [1.807, 2.05) is 0 Å². The van der Waals surface area contributed by atoms with Crippen LogP contribution in [0.25, 0.3) is 0 Å². The van der Waals surface area contributed by atoms with Crippen molar-refractivity contribution in [3.8, 4) is 0 Å². The first-order valence-electron chi connectivity index (χ1n) is 9.37. The molecule has 0 bridgehead atoms. The molecule has 0 radical (unpaired) electrons. The molecule has 0 saturated heterocycles. The summed E-state index contributed by atoms with van der Waals surface area (Å²) in [6, 6.07) is 6.49. The molecule has 0 spiro atoms. The molecule has 0 saturated carbocycles. The maximum atomic E-state index is 15.0. The number of carbonyl (C=O) groups excluding carboxylic acids is 2. The maximum Gasteiger partial charge on any atom is 0.411 e. The fraction of sp³-hybridized carbons (Fsp3) is 0.263. The van der Waals surface area contributed by atoms with Crippen LogP contribution in [0.1, 0.15) is 10.4 Å². The van der Waals surface area contributed by atoms with E-state index in [9.17, 15) is 38.3 Å². The smallest absolute Gasteiger partial charge is 0.411 e. The second-order valence-corrected chi connectivity index (χ2v) is 14.7. The van der Waals surface area contributed by atoms with E-state index in [-0.39, 0.29) is 17.3 Å². The van der Waals surface area contributed by atoms with Crippen molar-refractivity contribution in [1.82, 2.24) is 0 Å². The Labute approximate surface area is 237 Å². The number of ether oxygens (including phenoxy) is 1. The van der Waals surface area contributed by atoms with Gasteiger partial charge in [0.2, 0.25) is 13.6 Å². The Bertz CT molecular complexity index is 1210. The molecule has 2 aromatic rings. The van der Waals surface area contributed by atoms with E-state index in [1.54, 1.807) is 21.2 Å². The van der Waals surface area contributed by atoms with Gasteiger partial charge < -0.3 is 10.1 Å². The van der Waals surface area contributed by atoms with Crippen LogP contribution in [-0.2, 0) is 4.74 Å². The minimum absolute atomic E-state index is 0.0407. The summed E-state index contributed by atoms with van der Waals surface area (Å²) in [6.45, 7) is -0.639. The number of nitrogens with one attached hydrogen (secondary N) is 2. The van der Waals surface area contributed by atoms with Gasteiger partial charge in [-0.15, -0.1) is 15.5 Å². The maximum absolute atomic E-state index is 15.0. The van der Waals surface area contributed by atoms with Crippen LogP contribution in [0.15, 0.2) is 53.4 Å².